The highest BCUT2D eigenvalue weighted by Crippen LogP contribution is 2.38. The van der Waals surface area contributed by atoms with Gasteiger partial charge in [0.15, 0.2) is 0 Å². The molecule has 124 valence electrons. The minimum Gasteiger partial charge on any atom is -0.351 e. The van der Waals surface area contributed by atoms with Gasteiger partial charge in [-0.25, -0.2) is 14.4 Å². The van der Waals surface area contributed by atoms with E-state index in [0.717, 1.165) is 20.7 Å². The second-order valence-electron chi connectivity index (χ2n) is 5.02. The van der Waals surface area contributed by atoms with Gasteiger partial charge in [0.25, 0.3) is 0 Å². The van der Waals surface area contributed by atoms with E-state index in [-0.39, 0.29) is 17.5 Å². The van der Waals surface area contributed by atoms with Crippen molar-refractivity contribution < 1.29 is 9.18 Å². The molecule has 24 heavy (non-hydrogen) atoms. The predicted molar refractivity (Wildman–Crippen MR) is 96.1 cm³/mol. The van der Waals surface area contributed by atoms with Crippen LogP contribution in [-0.4, -0.2) is 21.6 Å². The monoisotopic (exact) mass is 381 g/mol. The number of nitrogens with one attached hydrogen (secondary N) is 1. The lowest BCUT2D eigenvalue weighted by Crippen LogP contribution is -2.24. The zero-order chi connectivity index (χ0) is 17.1. The van der Waals surface area contributed by atoms with Crippen LogP contribution in [-0.2, 0) is 11.3 Å². The Balaban J connectivity index is 1.61. The van der Waals surface area contributed by atoms with Gasteiger partial charge in [-0.3, -0.25) is 4.79 Å². The van der Waals surface area contributed by atoms with E-state index in [1.807, 2.05) is 6.92 Å². The number of carbonyl (C=O) groups excluding carboxylic acids is 1. The summed E-state index contributed by atoms with van der Waals surface area (Å²) in [6, 6.07) is 6.03. The molecule has 2 aromatic heterocycles. The van der Waals surface area contributed by atoms with E-state index in [2.05, 4.69) is 15.3 Å². The molecule has 0 spiro atoms. The van der Waals surface area contributed by atoms with E-state index in [9.17, 15) is 9.18 Å². The van der Waals surface area contributed by atoms with Crippen LogP contribution in [0.3, 0.4) is 0 Å². The molecule has 4 nitrogen and oxygen atoms in total. The van der Waals surface area contributed by atoms with Crippen LogP contribution in [0.1, 0.15) is 10.4 Å². The number of aryl methyl sites for hydroxylation is 1. The van der Waals surface area contributed by atoms with Crippen LogP contribution in [0.15, 0.2) is 35.6 Å². The molecule has 0 saturated heterocycles. The summed E-state index contributed by atoms with van der Waals surface area (Å²) in [6.07, 6.45) is 1.48. The lowest BCUT2D eigenvalue weighted by molar-refractivity contribution is -0.118. The summed E-state index contributed by atoms with van der Waals surface area (Å²) in [5.74, 6) is -0.200. The highest BCUT2D eigenvalue weighted by atomic mass is 35.5. The van der Waals surface area contributed by atoms with Crippen LogP contribution >= 0.6 is 34.7 Å². The van der Waals surface area contributed by atoms with Crippen molar-refractivity contribution in [1.82, 2.24) is 15.3 Å². The van der Waals surface area contributed by atoms with Crippen molar-refractivity contribution in [3.05, 3.63) is 51.9 Å². The van der Waals surface area contributed by atoms with Crippen molar-refractivity contribution in [1.29, 1.82) is 0 Å². The van der Waals surface area contributed by atoms with Crippen LogP contribution in [0.25, 0.3) is 10.2 Å². The maximum Gasteiger partial charge on any atom is 0.230 e. The molecule has 8 heteroatoms. The van der Waals surface area contributed by atoms with Crippen LogP contribution in [0.2, 0.25) is 5.02 Å². The summed E-state index contributed by atoms with van der Waals surface area (Å²) in [6.45, 7) is 2.29. The number of rotatable bonds is 5. The minimum atomic E-state index is -0.295. The van der Waals surface area contributed by atoms with Crippen LogP contribution in [0.5, 0.6) is 0 Å². The number of thioether (sulfide) groups is 1. The third kappa shape index (κ3) is 3.85. The summed E-state index contributed by atoms with van der Waals surface area (Å²) in [4.78, 5) is 22.3. The maximum atomic E-state index is 12.8. The normalized spacial score (nSPS) is 11.0. The number of carbonyl (C=O) groups is 1. The zero-order valence-corrected chi connectivity index (χ0v) is 15.1. The fourth-order valence-electron chi connectivity index (χ4n) is 2.08. The van der Waals surface area contributed by atoms with Crippen molar-refractivity contribution in [3.8, 4) is 0 Å². The molecule has 0 bridgehead atoms. The molecule has 1 amide bonds. The Morgan fingerprint density at radius 3 is 2.83 bits per heavy atom. The Morgan fingerprint density at radius 1 is 1.33 bits per heavy atom. The second kappa shape index (κ2) is 7.46. The fraction of sp³-hybridized carbons (Fsp3) is 0.188. The molecular weight excluding hydrogens is 369 g/mol. The Bertz CT molecular complexity index is 883. The summed E-state index contributed by atoms with van der Waals surface area (Å²) >= 11 is 9.13. The summed E-state index contributed by atoms with van der Waals surface area (Å²) in [5.41, 5.74) is 0.843. The van der Waals surface area contributed by atoms with Crippen molar-refractivity contribution in [2.24, 2.45) is 0 Å². The first kappa shape index (κ1) is 17.1. The molecular formula is C16H13ClFN3OS2. The van der Waals surface area contributed by atoms with Gasteiger partial charge in [0, 0.05) is 11.4 Å². The lowest BCUT2D eigenvalue weighted by atomic mass is 10.2. The van der Waals surface area contributed by atoms with Crippen molar-refractivity contribution in [2.45, 2.75) is 18.5 Å². The molecule has 0 aliphatic rings. The first-order valence-electron chi connectivity index (χ1n) is 7.08. The zero-order valence-electron chi connectivity index (χ0n) is 12.7. The molecule has 1 N–H and O–H groups in total. The standard InChI is InChI=1S/C16H13ClFN3OS2/c1-9-14(17)13-15(20-8-21-16(13)24-9)23-7-12(22)19-6-10-2-4-11(18)5-3-10/h2-5,8H,6-7H2,1H3,(H,19,22). The van der Waals surface area contributed by atoms with Crippen LogP contribution in [0.4, 0.5) is 4.39 Å². The summed E-state index contributed by atoms with van der Waals surface area (Å²) in [7, 11) is 0. The second-order valence-corrected chi connectivity index (χ2v) is 7.57. The number of amides is 1. The molecule has 0 saturated carbocycles. The lowest BCUT2D eigenvalue weighted by Gasteiger charge is -2.06. The molecule has 1 aromatic carbocycles. The van der Waals surface area contributed by atoms with Gasteiger partial charge < -0.3 is 5.32 Å². The fourth-order valence-corrected chi connectivity index (χ4v) is 4.27. The number of fused-ring (bicyclic) bond motifs is 1. The van der Waals surface area contributed by atoms with Gasteiger partial charge in [0.1, 0.15) is 22.0 Å². The molecule has 0 atom stereocenters. The third-order valence-corrected chi connectivity index (χ3v) is 5.89. The SMILES string of the molecule is Cc1sc2ncnc(SCC(=O)NCc3ccc(F)cc3)c2c1Cl. The van der Waals surface area contributed by atoms with Crippen molar-refractivity contribution >= 4 is 50.8 Å². The average Bonchev–Trinajstić information content (AvgIpc) is 2.87. The highest BCUT2D eigenvalue weighted by Gasteiger charge is 2.14. The first-order valence-corrected chi connectivity index (χ1v) is 9.26. The Kier molecular flexibility index (Phi) is 5.33. The molecule has 3 rings (SSSR count). The Hall–Kier alpha value is -1.70. The van der Waals surface area contributed by atoms with Gasteiger partial charge >= 0.3 is 0 Å². The number of hydrogen-bond acceptors (Lipinski definition) is 5. The van der Waals surface area contributed by atoms with Crippen LogP contribution < -0.4 is 5.32 Å². The molecule has 0 fully saturated rings. The van der Waals surface area contributed by atoms with E-state index in [1.165, 1.54) is 41.6 Å². The Labute approximate surface area is 151 Å². The molecule has 2 heterocycles. The van der Waals surface area contributed by atoms with Gasteiger partial charge in [0.05, 0.1) is 16.2 Å². The van der Waals surface area contributed by atoms with E-state index in [1.54, 1.807) is 12.1 Å². The van der Waals surface area contributed by atoms with Crippen LogP contribution in [0, 0.1) is 12.7 Å². The van der Waals surface area contributed by atoms with E-state index >= 15 is 0 Å². The molecule has 0 aliphatic carbocycles. The number of thiophene rings is 1. The predicted octanol–water partition coefficient (Wildman–Crippen LogP) is 4.20. The summed E-state index contributed by atoms with van der Waals surface area (Å²) < 4.78 is 12.8. The average molecular weight is 382 g/mol. The summed E-state index contributed by atoms with van der Waals surface area (Å²) in [5, 5.41) is 4.95. The number of aromatic nitrogens is 2. The minimum absolute atomic E-state index is 0.126. The Morgan fingerprint density at radius 2 is 2.08 bits per heavy atom. The molecule has 3 aromatic rings. The van der Waals surface area contributed by atoms with Gasteiger partial charge in [0.2, 0.25) is 5.91 Å². The van der Waals surface area contributed by atoms with Gasteiger partial charge in [-0.2, -0.15) is 0 Å². The number of benzene rings is 1. The van der Waals surface area contributed by atoms with E-state index in [0.29, 0.717) is 16.6 Å². The molecule has 0 unspecified atom stereocenters. The quantitative estimate of drug-likeness (QED) is 0.531. The number of halogens is 2. The topological polar surface area (TPSA) is 54.9 Å². The molecule has 0 aliphatic heterocycles. The maximum absolute atomic E-state index is 12.8. The van der Waals surface area contributed by atoms with E-state index in [4.69, 9.17) is 11.6 Å². The highest BCUT2D eigenvalue weighted by molar-refractivity contribution is 8.00. The van der Waals surface area contributed by atoms with Gasteiger partial charge in [-0.1, -0.05) is 35.5 Å². The van der Waals surface area contributed by atoms with Crippen molar-refractivity contribution in [3.63, 3.8) is 0 Å². The molecule has 0 radical (unpaired) electrons. The van der Waals surface area contributed by atoms with E-state index < -0.39 is 0 Å². The third-order valence-electron chi connectivity index (χ3n) is 3.30. The smallest absolute Gasteiger partial charge is 0.230 e. The number of hydrogen-bond donors (Lipinski definition) is 1. The number of nitrogens with zero attached hydrogens (tertiary/aromatic N) is 2. The first-order chi connectivity index (χ1) is 11.5. The van der Waals surface area contributed by atoms with Gasteiger partial charge in [-0.05, 0) is 24.6 Å². The van der Waals surface area contributed by atoms with Gasteiger partial charge in [-0.15, -0.1) is 11.3 Å². The largest absolute Gasteiger partial charge is 0.351 e. The van der Waals surface area contributed by atoms with Crippen molar-refractivity contribution in [2.75, 3.05) is 5.75 Å².